The van der Waals surface area contributed by atoms with Crippen molar-refractivity contribution in [2.24, 2.45) is 0 Å². The van der Waals surface area contributed by atoms with Crippen LogP contribution in [-0.2, 0) is 0 Å². The van der Waals surface area contributed by atoms with Crippen LogP contribution in [0.15, 0.2) is 17.8 Å². The first-order valence-electron chi connectivity index (χ1n) is 3.58. The van der Waals surface area contributed by atoms with Gasteiger partial charge in [-0.15, -0.1) is 0 Å². The number of rotatable bonds is 1. The van der Waals surface area contributed by atoms with E-state index < -0.39 is 0 Å². The van der Waals surface area contributed by atoms with Crippen molar-refractivity contribution in [1.29, 1.82) is 10.5 Å². The van der Waals surface area contributed by atoms with Gasteiger partial charge in [-0.3, -0.25) is 0 Å². The maximum absolute atomic E-state index is 8.47. The van der Waals surface area contributed by atoms with E-state index in [1.807, 2.05) is 0 Å². The van der Waals surface area contributed by atoms with E-state index in [-0.39, 0.29) is 5.57 Å². The molecule has 0 aliphatic carbocycles. The van der Waals surface area contributed by atoms with Gasteiger partial charge in [0.05, 0.1) is 5.69 Å². The van der Waals surface area contributed by atoms with E-state index in [9.17, 15) is 0 Å². The second-order valence-electron chi connectivity index (χ2n) is 2.31. The van der Waals surface area contributed by atoms with Crippen molar-refractivity contribution >= 4 is 6.08 Å². The van der Waals surface area contributed by atoms with Gasteiger partial charge >= 0.3 is 0 Å². The van der Waals surface area contributed by atoms with Crippen LogP contribution in [0.1, 0.15) is 11.5 Å². The highest BCUT2D eigenvalue weighted by Crippen LogP contribution is 2.01. The Morgan fingerprint density at radius 3 is 2.69 bits per heavy atom. The summed E-state index contributed by atoms with van der Waals surface area (Å²) in [7, 11) is 0. The van der Waals surface area contributed by atoms with E-state index in [1.165, 1.54) is 6.08 Å². The Balaban J connectivity index is 3.06. The molecule has 0 aromatic carbocycles. The molecule has 1 heterocycles. The molecule has 0 radical (unpaired) electrons. The fourth-order valence-corrected chi connectivity index (χ4v) is 0.792. The van der Waals surface area contributed by atoms with Crippen molar-refractivity contribution in [3.8, 4) is 12.1 Å². The lowest BCUT2D eigenvalue weighted by molar-refractivity contribution is 1.04. The van der Waals surface area contributed by atoms with Crippen LogP contribution in [-0.4, -0.2) is 9.97 Å². The Morgan fingerprint density at radius 2 is 2.15 bits per heavy atom. The molecular formula is C9H6N4. The van der Waals surface area contributed by atoms with Crippen LogP contribution in [0.3, 0.4) is 0 Å². The lowest BCUT2D eigenvalue weighted by Crippen LogP contribution is -1.88. The zero-order valence-corrected chi connectivity index (χ0v) is 7.02. The molecule has 0 aliphatic heterocycles. The van der Waals surface area contributed by atoms with Gasteiger partial charge in [0.2, 0.25) is 0 Å². The standard InChI is InChI=1S/C9H6N4/c1-7-12-3-2-9(13-7)4-8(5-10)6-11/h2-4H,1H3. The molecule has 0 saturated heterocycles. The molecule has 4 nitrogen and oxygen atoms in total. The van der Waals surface area contributed by atoms with Gasteiger partial charge in [0, 0.05) is 6.20 Å². The highest BCUT2D eigenvalue weighted by molar-refractivity contribution is 5.59. The smallest absolute Gasteiger partial charge is 0.131 e. The van der Waals surface area contributed by atoms with Crippen LogP contribution < -0.4 is 0 Å². The second kappa shape index (κ2) is 3.99. The fourth-order valence-electron chi connectivity index (χ4n) is 0.792. The average molecular weight is 170 g/mol. The Kier molecular flexibility index (Phi) is 2.73. The maximum atomic E-state index is 8.47. The molecular weight excluding hydrogens is 164 g/mol. The molecule has 0 aliphatic rings. The molecule has 4 heteroatoms. The number of allylic oxidation sites excluding steroid dienone is 1. The van der Waals surface area contributed by atoms with Crippen LogP contribution in [0.5, 0.6) is 0 Å². The molecule has 1 aromatic heterocycles. The number of nitrogens with zero attached hydrogens (tertiary/aromatic N) is 4. The number of nitriles is 2. The van der Waals surface area contributed by atoms with Crippen molar-refractivity contribution in [1.82, 2.24) is 9.97 Å². The van der Waals surface area contributed by atoms with Crippen LogP contribution in [0.2, 0.25) is 0 Å². The van der Waals surface area contributed by atoms with Crippen LogP contribution in [0.25, 0.3) is 6.08 Å². The monoisotopic (exact) mass is 170 g/mol. The van der Waals surface area contributed by atoms with Gasteiger partial charge in [-0.1, -0.05) is 0 Å². The topological polar surface area (TPSA) is 73.4 Å². The summed E-state index contributed by atoms with van der Waals surface area (Å²) in [6.45, 7) is 1.75. The highest BCUT2D eigenvalue weighted by Gasteiger charge is 1.95. The minimum atomic E-state index is 0.0399. The average Bonchev–Trinajstić information content (AvgIpc) is 2.14. The third-order valence-electron chi connectivity index (χ3n) is 1.33. The van der Waals surface area contributed by atoms with Crippen LogP contribution in [0, 0.1) is 29.6 Å². The van der Waals surface area contributed by atoms with E-state index in [1.54, 1.807) is 31.3 Å². The van der Waals surface area contributed by atoms with Crippen LogP contribution >= 0.6 is 0 Å². The first-order valence-corrected chi connectivity index (χ1v) is 3.58. The second-order valence-corrected chi connectivity index (χ2v) is 2.31. The lowest BCUT2D eigenvalue weighted by atomic mass is 10.2. The molecule has 0 atom stereocenters. The van der Waals surface area contributed by atoms with Crippen LogP contribution in [0.4, 0.5) is 0 Å². The Labute approximate surface area is 75.8 Å². The highest BCUT2D eigenvalue weighted by atomic mass is 14.9. The van der Waals surface area contributed by atoms with Gasteiger partial charge in [-0.05, 0) is 19.1 Å². The van der Waals surface area contributed by atoms with Gasteiger partial charge in [0.15, 0.2) is 0 Å². The molecule has 1 rings (SSSR count). The zero-order valence-electron chi connectivity index (χ0n) is 7.02. The summed E-state index contributed by atoms with van der Waals surface area (Å²) >= 11 is 0. The number of aromatic nitrogens is 2. The molecule has 13 heavy (non-hydrogen) atoms. The normalized spacial score (nSPS) is 8.23. The maximum Gasteiger partial charge on any atom is 0.131 e. The molecule has 1 aromatic rings. The summed E-state index contributed by atoms with van der Waals surface area (Å²) in [5.41, 5.74) is 0.615. The van der Waals surface area contributed by atoms with E-state index in [4.69, 9.17) is 10.5 Å². The zero-order chi connectivity index (χ0) is 9.68. The Hall–Kier alpha value is -2.20. The van der Waals surface area contributed by atoms with Crippen molar-refractivity contribution in [3.63, 3.8) is 0 Å². The number of aryl methyl sites for hydroxylation is 1. The molecule has 0 N–H and O–H groups in total. The van der Waals surface area contributed by atoms with Gasteiger partial charge in [0.1, 0.15) is 23.5 Å². The summed E-state index contributed by atoms with van der Waals surface area (Å²) in [4.78, 5) is 7.91. The first-order chi connectivity index (χ1) is 6.26. The third kappa shape index (κ3) is 2.39. The third-order valence-corrected chi connectivity index (χ3v) is 1.33. The molecule has 0 amide bonds. The van der Waals surface area contributed by atoms with Crippen molar-refractivity contribution in [2.45, 2.75) is 6.92 Å². The summed E-state index contributed by atoms with van der Waals surface area (Å²) < 4.78 is 0. The predicted octanol–water partition coefficient (Wildman–Crippen LogP) is 1.22. The minimum Gasteiger partial charge on any atom is -0.242 e. The van der Waals surface area contributed by atoms with Gasteiger partial charge in [-0.2, -0.15) is 10.5 Å². The first kappa shape index (κ1) is 8.89. The Bertz CT molecular complexity index is 404. The fraction of sp³-hybridized carbons (Fsp3) is 0.111. The quantitative estimate of drug-likeness (QED) is 0.594. The minimum absolute atomic E-state index is 0.0399. The molecule has 0 saturated carbocycles. The Morgan fingerprint density at radius 1 is 1.46 bits per heavy atom. The van der Waals surface area contributed by atoms with Gasteiger partial charge in [0.25, 0.3) is 0 Å². The molecule has 0 unspecified atom stereocenters. The van der Waals surface area contributed by atoms with E-state index in [0.717, 1.165) is 0 Å². The van der Waals surface area contributed by atoms with Gasteiger partial charge in [-0.25, -0.2) is 9.97 Å². The predicted molar refractivity (Wildman–Crippen MR) is 46.0 cm³/mol. The molecule has 0 fully saturated rings. The van der Waals surface area contributed by atoms with Crippen molar-refractivity contribution in [2.75, 3.05) is 0 Å². The molecule has 62 valence electrons. The van der Waals surface area contributed by atoms with Crippen molar-refractivity contribution in [3.05, 3.63) is 29.4 Å². The summed E-state index contributed by atoms with van der Waals surface area (Å²) in [5, 5.41) is 16.9. The largest absolute Gasteiger partial charge is 0.242 e. The summed E-state index contributed by atoms with van der Waals surface area (Å²) in [6.07, 6.45) is 3.01. The van der Waals surface area contributed by atoms with E-state index >= 15 is 0 Å². The lowest BCUT2D eigenvalue weighted by Gasteiger charge is -1.92. The summed E-state index contributed by atoms with van der Waals surface area (Å²) in [5.74, 6) is 0.615. The van der Waals surface area contributed by atoms with E-state index in [2.05, 4.69) is 9.97 Å². The van der Waals surface area contributed by atoms with Crippen molar-refractivity contribution < 1.29 is 0 Å². The van der Waals surface area contributed by atoms with Gasteiger partial charge < -0.3 is 0 Å². The number of hydrogen-bond donors (Lipinski definition) is 0. The molecule has 0 spiro atoms. The number of hydrogen-bond acceptors (Lipinski definition) is 4. The SMILES string of the molecule is Cc1nccc(C=C(C#N)C#N)n1. The molecule has 0 bridgehead atoms. The summed E-state index contributed by atoms with van der Waals surface area (Å²) in [6, 6.07) is 5.16. The van der Waals surface area contributed by atoms with E-state index in [0.29, 0.717) is 11.5 Å².